The average molecular weight is 478 g/mol. The maximum absolute atomic E-state index is 13.5. The quantitative estimate of drug-likeness (QED) is 0.383. The fourth-order valence-corrected chi connectivity index (χ4v) is 5.19. The summed E-state index contributed by atoms with van der Waals surface area (Å²) in [5, 5.41) is 12.7. The first-order chi connectivity index (χ1) is 15.9. The number of anilines is 1. The summed E-state index contributed by atoms with van der Waals surface area (Å²) in [5.41, 5.74) is 3.65. The maximum Gasteiger partial charge on any atom is 0.229 e. The molecule has 0 bridgehead atoms. The molecule has 0 atom stereocenters. The molecular weight excluding hydrogens is 458 g/mol. The number of nitrogens with zero attached hydrogens (tertiary/aromatic N) is 4. The topological polar surface area (TPSA) is 89.2 Å². The molecule has 0 amide bonds. The van der Waals surface area contributed by atoms with Gasteiger partial charge in [-0.2, -0.15) is 4.52 Å². The van der Waals surface area contributed by atoms with Crippen LogP contribution in [0.15, 0.2) is 76.7 Å². The zero-order valence-corrected chi connectivity index (χ0v) is 19.5. The van der Waals surface area contributed by atoms with Crippen LogP contribution >= 0.6 is 11.6 Å². The van der Waals surface area contributed by atoms with Crippen LogP contribution in [0.3, 0.4) is 0 Å². The van der Waals surface area contributed by atoms with E-state index in [2.05, 4.69) is 20.6 Å². The van der Waals surface area contributed by atoms with Crippen molar-refractivity contribution in [3.05, 3.63) is 88.4 Å². The van der Waals surface area contributed by atoms with Crippen LogP contribution in [0.1, 0.15) is 16.7 Å². The van der Waals surface area contributed by atoms with Crippen molar-refractivity contribution in [1.82, 2.24) is 19.8 Å². The molecule has 0 unspecified atom stereocenters. The molecule has 5 aromatic rings. The Kier molecular flexibility index (Phi) is 5.26. The van der Waals surface area contributed by atoms with E-state index in [1.807, 2.05) is 62.4 Å². The third-order valence-corrected chi connectivity index (χ3v) is 7.69. The minimum atomic E-state index is -3.93. The summed E-state index contributed by atoms with van der Waals surface area (Å²) in [6, 6.07) is 20.0. The molecule has 0 aliphatic heterocycles. The summed E-state index contributed by atoms with van der Waals surface area (Å²) >= 11 is 6.30. The number of hydrogen-bond donors (Lipinski definition) is 1. The minimum absolute atomic E-state index is 0.161. The Labute approximate surface area is 196 Å². The number of halogens is 1. The van der Waals surface area contributed by atoms with Crippen LogP contribution < -0.4 is 5.32 Å². The van der Waals surface area contributed by atoms with Crippen LogP contribution in [0.2, 0.25) is 5.02 Å². The first-order valence-corrected chi connectivity index (χ1v) is 12.2. The highest BCUT2D eigenvalue weighted by molar-refractivity contribution is 7.91. The Balaban J connectivity index is 1.66. The lowest BCUT2D eigenvalue weighted by molar-refractivity contribution is 0.592. The molecule has 2 aromatic heterocycles. The Morgan fingerprint density at radius 1 is 0.970 bits per heavy atom. The summed E-state index contributed by atoms with van der Waals surface area (Å²) < 4.78 is 28.4. The van der Waals surface area contributed by atoms with E-state index in [1.54, 1.807) is 18.2 Å². The smallest absolute Gasteiger partial charge is 0.229 e. The lowest BCUT2D eigenvalue weighted by Gasteiger charge is -2.11. The second-order valence-electron chi connectivity index (χ2n) is 7.80. The van der Waals surface area contributed by atoms with Gasteiger partial charge in [-0.1, -0.05) is 53.2 Å². The van der Waals surface area contributed by atoms with Crippen molar-refractivity contribution in [3.8, 4) is 0 Å². The van der Waals surface area contributed by atoms with Gasteiger partial charge in [-0.3, -0.25) is 0 Å². The van der Waals surface area contributed by atoms with Gasteiger partial charge < -0.3 is 5.32 Å². The van der Waals surface area contributed by atoms with Gasteiger partial charge in [0.25, 0.3) is 0 Å². The molecule has 3 aromatic carbocycles. The number of sulfone groups is 1. The number of aryl methyl sites for hydroxylation is 2. The van der Waals surface area contributed by atoms with Crippen molar-refractivity contribution in [2.24, 2.45) is 0 Å². The third-order valence-electron chi connectivity index (χ3n) is 5.67. The molecule has 0 spiro atoms. The average Bonchev–Trinajstić information content (AvgIpc) is 3.25. The molecule has 33 heavy (non-hydrogen) atoms. The van der Waals surface area contributed by atoms with Gasteiger partial charge in [0.15, 0.2) is 5.65 Å². The fraction of sp³-hybridized carbons (Fsp3) is 0.125. The second kappa shape index (κ2) is 8.13. The normalized spacial score (nSPS) is 11.8. The SMILES string of the molecule is Cc1ccc(S(=O)(=O)c2nnn3c2nc(NCc2ccccc2Cl)c2ccccc23)cc1C. The third kappa shape index (κ3) is 3.71. The fourth-order valence-electron chi connectivity index (χ4n) is 3.67. The molecule has 0 aliphatic carbocycles. The van der Waals surface area contributed by atoms with Gasteiger partial charge in [0.2, 0.25) is 14.9 Å². The summed E-state index contributed by atoms with van der Waals surface area (Å²) in [5.74, 6) is 0.525. The highest BCUT2D eigenvalue weighted by Crippen LogP contribution is 2.29. The van der Waals surface area contributed by atoms with Gasteiger partial charge in [-0.25, -0.2) is 13.4 Å². The summed E-state index contributed by atoms with van der Waals surface area (Å²) in [4.78, 5) is 4.81. The molecule has 2 heterocycles. The molecule has 5 rings (SSSR count). The highest BCUT2D eigenvalue weighted by Gasteiger charge is 2.27. The van der Waals surface area contributed by atoms with Gasteiger partial charge in [-0.05, 0) is 60.9 Å². The monoisotopic (exact) mass is 477 g/mol. The molecule has 0 fully saturated rings. The van der Waals surface area contributed by atoms with Gasteiger partial charge in [0, 0.05) is 17.0 Å². The minimum Gasteiger partial charge on any atom is -0.365 e. The van der Waals surface area contributed by atoms with E-state index in [1.165, 1.54) is 4.52 Å². The molecule has 1 N–H and O–H groups in total. The van der Waals surface area contributed by atoms with Gasteiger partial charge in [0.1, 0.15) is 5.82 Å². The molecule has 9 heteroatoms. The van der Waals surface area contributed by atoms with Crippen LogP contribution in [0.4, 0.5) is 5.82 Å². The van der Waals surface area contributed by atoms with Crippen LogP contribution in [0.25, 0.3) is 16.6 Å². The van der Waals surface area contributed by atoms with E-state index in [9.17, 15) is 8.42 Å². The van der Waals surface area contributed by atoms with Crippen LogP contribution in [-0.2, 0) is 16.4 Å². The van der Waals surface area contributed by atoms with E-state index < -0.39 is 9.84 Å². The second-order valence-corrected chi connectivity index (χ2v) is 10.1. The standard InChI is InChI=1S/C24H20ClN5O2S/c1-15-11-12-18(13-16(15)2)33(31,32)24-23-27-22(26-14-17-7-3-5-9-20(17)25)19-8-4-6-10-21(19)30(23)29-28-24/h3-13H,14H2,1-2H3,(H,26,27). The highest BCUT2D eigenvalue weighted by atomic mass is 35.5. The first-order valence-electron chi connectivity index (χ1n) is 10.3. The van der Waals surface area contributed by atoms with Crippen molar-refractivity contribution in [3.63, 3.8) is 0 Å². The molecule has 7 nitrogen and oxygen atoms in total. The lowest BCUT2D eigenvalue weighted by atomic mass is 10.1. The maximum atomic E-state index is 13.5. The van der Waals surface area contributed by atoms with E-state index in [-0.39, 0.29) is 15.6 Å². The molecule has 0 aliphatic rings. The number of benzene rings is 3. The predicted octanol–water partition coefficient (Wildman–Crippen LogP) is 4.99. The zero-order valence-electron chi connectivity index (χ0n) is 17.9. The van der Waals surface area contributed by atoms with Crippen LogP contribution in [-0.4, -0.2) is 28.2 Å². The van der Waals surface area contributed by atoms with Crippen LogP contribution in [0.5, 0.6) is 0 Å². The van der Waals surface area contributed by atoms with Crippen molar-refractivity contribution in [2.75, 3.05) is 5.32 Å². The van der Waals surface area contributed by atoms with E-state index in [4.69, 9.17) is 11.6 Å². The number of rotatable bonds is 5. The van der Waals surface area contributed by atoms with Gasteiger partial charge >= 0.3 is 0 Å². The van der Waals surface area contributed by atoms with E-state index in [0.29, 0.717) is 22.9 Å². The Bertz CT molecular complexity index is 1630. The molecule has 0 saturated carbocycles. The number of para-hydroxylation sites is 1. The molecular formula is C24H20ClN5O2S. The predicted molar refractivity (Wildman–Crippen MR) is 128 cm³/mol. The van der Waals surface area contributed by atoms with E-state index >= 15 is 0 Å². The number of nitrogens with one attached hydrogen (secondary N) is 1. The number of fused-ring (bicyclic) bond motifs is 3. The van der Waals surface area contributed by atoms with Gasteiger partial charge in [-0.15, -0.1) is 5.10 Å². The number of aromatic nitrogens is 4. The lowest BCUT2D eigenvalue weighted by Crippen LogP contribution is -2.08. The summed E-state index contributed by atoms with van der Waals surface area (Å²) in [7, 11) is -3.93. The molecule has 0 radical (unpaired) electrons. The summed E-state index contributed by atoms with van der Waals surface area (Å²) in [6.45, 7) is 4.23. The van der Waals surface area contributed by atoms with Crippen molar-refractivity contribution >= 4 is 43.8 Å². The largest absolute Gasteiger partial charge is 0.365 e. The summed E-state index contributed by atoms with van der Waals surface area (Å²) in [6.07, 6.45) is 0. The zero-order chi connectivity index (χ0) is 23.2. The van der Waals surface area contributed by atoms with Gasteiger partial charge in [0.05, 0.1) is 10.4 Å². The molecule has 166 valence electrons. The van der Waals surface area contributed by atoms with E-state index in [0.717, 1.165) is 22.1 Å². The van der Waals surface area contributed by atoms with Crippen molar-refractivity contribution in [1.29, 1.82) is 0 Å². The Morgan fingerprint density at radius 3 is 2.52 bits per heavy atom. The van der Waals surface area contributed by atoms with Crippen molar-refractivity contribution in [2.45, 2.75) is 30.3 Å². The first kappa shape index (κ1) is 21.4. The molecule has 0 saturated heterocycles. The Hall–Kier alpha value is -3.49. The number of hydrogen-bond acceptors (Lipinski definition) is 6. The Morgan fingerprint density at radius 2 is 1.73 bits per heavy atom. The van der Waals surface area contributed by atoms with Crippen LogP contribution in [0, 0.1) is 13.8 Å². The van der Waals surface area contributed by atoms with Crippen molar-refractivity contribution < 1.29 is 8.42 Å².